The van der Waals surface area contributed by atoms with E-state index in [0.29, 0.717) is 0 Å². The average molecular weight is 167 g/mol. The van der Waals surface area contributed by atoms with Gasteiger partial charge < -0.3 is 9.15 Å². The summed E-state index contributed by atoms with van der Waals surface area (Å²) in [5.41, 5.74) is 0.924. The Kier molecular flexibility index (Phi) is 1.51. The first kappa shape index (κ1) is 7.80. The van der Waals surface area contributed by atoms with E-state index in [9.17, 15) is 0 Å². The van der Waals surface area contributed by atoms with Gasteiger partial charge in [-0.1, -0.05) is 20.8 Å². The third-order valence-corrected chi connectivity index (χ3v) is 1.83. The summed E-state index contributed by atoms with van der Waals surface area (Å²) in [5, 5.41) is 0. The van der Waals surface area contributed by atoms with Crippen LogP contribution in [0, 0.1) is 0 Å². The van der Waals surface area contributed by atoms with Gasteiger partial charge >= 0.3 is 0 Å². The largest absolute Gasteiger partial charge is 0.448 e. The number of nitrogens with zero attached hydrogens (tertiary/aromatic N) is 1. The van der Waals surface area contributed by atoms with Gasteiger partial charge in [0.2, 0.25) is 0 Å². The second-order valence-corrected chi connectivity index (χ2v) is 4.15. The summed E-state index contributed by atoms with van der Waals surface area (Å²) < 4.78 is 10.4. The van der Waals surface area contributed by atoms with Crippen molar-refractivity contribution in [1.82, 2.24) is 4.98 Å². The molecule has 1 aliphatic rings. The van der Waals surface area contributed by atoms with Crippen LogP contribution in [-0.4, -0.2) is 11.6 Å². The first-order valence-electron chi connectivity index (χ1n) is 4.15. The van der Waals surface area contributed by atoms with Crippen molar-refractivity contribution in [3.8, 4) is 0 Å². The van der Waals surface area contributed by atoms with Crippen LogP contribution in [0.2, 0.25) is 0 Å². The van der Waals surface area contributed by atoms with Gasteiger partial charge in [-0.15, -0.1) is 0 Å². The Morgan fingerprint density at radius 3 is 2.58 bits per heavy atom. The van der Waals surface area contributed by atoms with Crippen LogP contribution in [0.5, 0.6) is 0 Å². The summed E-state index contributed by atoms with van der Waals surface area (Å²) in [7, 11) is 0. The summed E-state index contributed by atoms with van der Waals surface area (Å²) in [4.78, 5) is 4.35. The number of rotatable bonds is 1. The zero-order valence-electron chi connectivity index (χ0n) is 7.63. The number of ether oxygens (including phenoxy) is 1. The van der Waals surface area contributed by atoms with Crippen molar-refractivity contribution in [2.45, 2.75) is 32.3 Å². The summed E-state index contributed by atoms with van der Waals surface area (Å²) in [6, 6.07) is 0. The molecule has 66 valence electrons. The fourth-order valence-electron chi connectivity index (χ4n) is 0.997. The van der Waals surface area contributed by atoms with Crippen molar-refractivity contribution >= 4 is 0 Å². The lowest BCUT2D eigenvalue weighted by Gasteiger charge is -2.11. The monoisotopic (exact) mass is 167 g/mol. The fourth-order valence-corrected chi connectivity index (χ4v) is 0.997. The number of aromatic nitrogens is 1. The first-order valence-corrected chi connectivity index (χ1v) is 4.15. The Hall–Kier alpha value is -0.830. The van der Waals surface area contributed by atoms with E-state index in [1.807, 2.05) is 0 Å². The van der Waals surface area contributed by atoms with E-state index in [0.717, 1.165) is 18.2 Å². The molecule has 1 saturated heterocycles. The van der Waals surface area contributed by atoms with Gasteiger partial charge in [0.15, 0.2) is 5.89 Å². The molecule has 0 saturated carbocycles. The molecule has 0 N–H and O–H groups in total. The first-order chi connectivity index (χ1) is 5.57. The molecule has 1 atom stereocenters. The van der Waals surface area contributed by atoms with Gasteiger partial charge in [-0.05, 0) is 0 Å². The molecule has 1 fully saturated rings. The number of hydrogen-bond acceptors (Lipinski definition) is 3. The van der Waals surface area contributed by atoms with Gasteiger partial charge in [0, 0.05) is 5.41 Å². The maximum Gasteiger partial charge on any atom is 0.199 e. The summed E-state index contributed by atoms with van der Waals surface area (Å²) in [6.07, 6.45) is 1.89. The molecule has 1 aromatic heterocycles. The molecule has 1 aliphatic heterocycles. The van der Waals surface area contributed by atoms with Crippen molar-refractivity contribution in [2.24, 2.45) is 0 Å². The quantitative estimate of drug-likeness (QED) is 0.601. The van der Waals surface area contributed by atoms with Gasteiger partial charge in [-0.25, -0.2) is 4.98 Å². The van der Waals surface area contributed by atoms with Crippen LogP contribution >= 0.6 is 0 Å². The molecule has 2 rings (SSSR count). The second kappa shape index (κ2) is 2.33. The molecule has 1 aromatic rings. The van der Waals surface area contributed by atoms with Crippen LogP contribution in [0.1, 0.15) is 38.5 Å². The summed E-state index contributed by atoms with van der Waals surface area (Å²) in [5.74, 6) is 0.785. The van der Waals surface area contributed by atoms with E-state index in [1.165, 1.54) is 0 Å². The minimum atomic E-state index is -0.00681. The Bertz CT molecular complexity index is 281. The molecule has 12 heavy (non-hydrogen) atoms. The Morgan fingerprint density at radius 2 is 2.17 bits per heavy atom. The van der Waals surface area contributed by atoms with Crippen molar-refractivity contribution in [2.75, 3.05) is 6.61 Å². The Morgan fingerprint density at radius 1 is 1.50 bits per heavy atom. The second-order valence-electron chi connectivity index (χ2n) is 4.15. The molecule has 1 unspecified atom stereocenters. The molecular formula is C9H13NO2. The Labute approximate surface area is 71.7 Å². The molecule has 3 heteroatoms. The topological polar surface area (TPSA) is 38.6 Å². The van der Waals surface area contributed by atoms with Gasteiger partial charge in [0.1, 0.15) is 18.1 Å². The van der Waals surface area contributed by atoms with E-state index in [2.05, 4.69) is 25.8 Å². The van der Waals surface area contributed by atoms with E-state index < -0.39 is 0 Å². The lowest BCUT2D eigenvalue weighted by atomic mass is 9.97. The minimum Gasteiger partial charge on any atom is -0.448 e. The van der Waals surface area contributed by atoms with Crippen LogP contribution in [0.25, 0.3) is 0 Å². The van der Waals surface area contributed by atoms with Gasteiger partial charge in [-0.3, -0.25) is 0 Å². The molecule has 3 nitrogen and oxygen atoms in total. The van der Waals surface area contributed by atoms with E-state index >= 15 is 0 Å². The average Bonchev–Trinajstić information content (AvgIpc) is 2.66. The van der Waals surface area contributed by atoms with Crippen LogP contribution in [0.15, 0.2) is 10.7 Å². The molecule has 0 radical (unpaired) electrons. The standard InChI is InChI=1S/C9H13NO2/c1-9(2,3)8-10-6(4-12-8)7-5-11-7/h4,7H,5H2,1-3H3. The van der Waals surface area contributed by atoms with E-state index in [-0.39, 0.29) is 11.5 Å². The number of hydrogen-bond donors (Lipinski definition) is 0. The van der Waals surface area contributed by atoms with Crippen molar-refractivity contribution in [1.29, 1.82) is 0 Å². The molecule has 0 amide bonds. The maximum absolute atomic E-state index is 5.34. The lowest BCUT2D eigenvalue weighted by Crippen LogP contribution is -2.11. The SMILES string of the molecule is CC(C)(C)c1nc(C2CO2)co1. The van der Waals surface area contributed by atoms with Crippen LogP contribution < -0.4 is 0 Å². The molecule has 0 aromatic carbocycles. The predicted octanol–water partition coefficient (Wildman–Crippen LogP) is 2.04. The van der Waals surface area contributed by atoms with Gasteiger partial charge in [0.25, 0.3) is 0 Å². The fraction of sp³-hybridized carbons (Fsp3) is 0.667. The van der Waals surface area contributed by atoms with Crippen molar-refractivity contribution in [3.63, 3.8) is 0 Å². The lowest BCUT2D eigenvalue weighted by molar-refractivity contribution is 0.392. The number of epoxide rings is 1. The molecule has 0 bridgehead atoms. The highest BCUT2D eigenvalue weighted by molar-refractivity contribution is 5.09. The van der Waals surface area contributed by atoms with E-state index in [4.69, 9.17) is 9.15 Å². The molecular weight excluding hydrogens is 154 g/mol. The zero-order chi connectivity index (χ0) is 8.77. The normalized spacial score (nSPS) is 22.8. The van der Waals surface area contributed by atoms with Crippen molar-refractivity contribution < 1.29 is 9.15 Å². The molecule has 2 heterocycles. The molecule has 0 aliphatic carbocycles. The van der Waals surface area contributed by atoms with Crippen LogP contribution in [-0.2, 0) is 10.2 Å². The van der Waals surface area contributed by atoms with Crippen molar-refractivity contribution in [3.05, 3.63) is 17.8 Å². The number of oxazole rings is 1. The third kappa shape index (κ3) is 1.37. The highest BCUT2D eigenvalue weighted by Crippen LogP contribution is 2.31. The van der Waals surface area contributed by atoms with E-state index in [1.54, 1.807) is 6.26 Å². The smallest absolute Gasteiger partial charge is 0.199 e. The summed E-state index contributed by atoms with van der Waals surface area (Å²) in [6.45, 7) is 7.03. The highest BCUT2D eigenvalue weighted by atomic mass is 16.6. The van der Waals surface area contributed by atoms with Crippen LogP contribution in [0.4, 0.5) is 0 Å². The predicted molar refractivity (Wildman–Crippen MR) is 43.9 cm³/mol. The third-order valence-electron chi connectivity index (χ3n) is 1.83. The van der Waals surface area contributed by atoms with Gasteiger partial charge in [0.05, 0.1) is 6.61 Å². The highest BCUT2D eigenvalue weighted by Gasteiger charge is 2.30. The minimum absolute atomic E-state index is 0.00681. The Balaban J connectivity index is 2.23. The van der Waals surface area contributed by atoms with Gasteiger partial charge in [-0.2, -0.15) is 0 Å². The van der Waals surface area contributed by atoms with Crippen LogP contribution in [0.3, 0.4) is 0 Å². The summed E-state index contributed by atoms with van der Waals surface area (Å²) >= 11 is 0. The maximum atomic E-state index is 5.34. The zero-order valence-corrected chi connectivity index (χ0v) is 7.63. The molecule has 0 spiro atoms.